The SMILES string of the molecule is CN(C)c1ccc(NC(=O)Cc2cccs2)cc1C(=O)N1CCCC1. The maximum Gasteiger partial charge on any atom is 0.256 e. The van der Waals surface area contributed by atoms with Crippen LogP contribution in [0, 0.1) is 0 Å². The normalized spacial score (nSPS) is 13.8. The molecule has 2 heterocycles. The summed E-state index contributed by atoms with van der Waals surface area (Å²) in [5.41, 5.74) is 2.17. The zero-order valence-electron chi connectivity index (χ0n) is 14.6. The molecular formula is C19H23N3O2S. The number of anilines is 2. The number of rotatable bonds is 5. The van der Waals surface area contributed by atoms with Crippen LogP contribution >= 0.6 is 11.3 Å². The average molecular weight is 357 g/mol. The summed E-state index contributed by atoms with van der Waals surface area (Å²) in [7, 11) is 3.84. The van der Waals surface area contributed by atoms with Gasteiger partial charge >= 0.3 is 0 Å². The molecule has 5 nitrogen and oxygen atoms in total. The van der Waals surface area contributed by atoms with Crippen molar-refractivity contribution in [2.24, 2.45) is 0 Å². The Balaban J connectivity index is 1.79. The van der Waals surface area contributed by atoms with Crippen LogP contribution in [0.3, 0.4) is 0 Å². The van der Waals surface area contributed by atoms with E-state index in [1.807, 2.05) is 53.5 Å². The standard InChI is InChI=1S/C19H23N3O2S/c1-21(2)17-8-7-14(20-18(23)13-15-6-5-11-25-15)12-16(17)19(24)22-9-3-4-10-22/h5-8,11-12H,3-4,9-10,13H2,1-2H3,(H,20,23). The second-order valence-electron chi connectivity index (χ2n) is 6.43. The molecule has 3 rings (SSSR count). The van der Waals surface area contributed by atoms with Gasteiger partial charge < -0.3 is 15.1 Å². The number of thiophene rings is 1. The van der Waals surface area contributed by atoms with Gasteiger partial charge in [-0.15, -0.1) is 11.3 Å². The van der Waals surface area contributed by atoms with Crippen LogP contribution in [0.15, 0.2) is 35.7 Å². The molecule has 132 valence electrons. The molecule has 2 amide bonds. The Morgan fingerprint density at radius 3 is 2.60 bits per heavy atom. The van der Waals surface area contributed by atoms with Gasteiger partial charge in [-0.25, -0.2) is 0 Å². The van der Waals surface area contributed by atoms with E-state index in [0.717, 1.165) is 36.5 Å². The molecule has 1 saturated heterocycles. The third-order valence-corrected chi connectivity index (χ3v) is 5.18. The first-order chi connectivity index (χ1) is 12.0. The van der Waals surface area contributed by atoms with E-state index in [9.17, 15) is 9.59 Å². The zero-order chi connectivity index (χ0) is 17.8. The highest BCUT2D eigenvalue weighted by Crippen LogP contribution is 2.26. The van der Waals surface area contributed by atoms with Crippen molar-refractivity contribution in [3.63, 3.8) is 0 Å². The Morgan fingerprint density at radius 1 is 1.20 bits per heavy atom. The molecule has 1 aromatic carbocycles. The molecule has 0 unspecified atom stereocenters. The van der Waals surface area contributed by atoms with Crippen molar-refractivity contribution in [2.45, 2.75) is 19.3 Å². The van der Waals surface area contributed by atoms with Crippen molar-refractivity contribution >= 4 is 34.5 Å². The van der Waals surface area contributed by atoms with Crippen LogP contribution < -0.4 is 10.2 Å². The van der Waals surface area contributed by atoms with Crippen LogP contribution in [0.25, 0.3) is 0 Å². The topological polar surface area (TPSA) is 52.7 Å². The number of likely N-dealkylation sites (tertiary alicyclic amines) is 1. The largest absolute Gasteiger partial charge is 0.377 e. The highest BCUT2D eigenvalue weighted by Gasteiger charge is 2.23. The van der Waals surface area contributed by atoms with E-state index in [0.29, 0.717) is 17.7 Å². The van der Waals surface area contributed by atoms with Gasteiger partial charge in [0.1, 0.15) is 0 Å². The van der Waals surface area contributed by atoms with Gasteiger partial charge in [-0.3, -0.25) is 9.59 Å². The minimum Gasteiger partial charge on any atom is -0.377 e. The fourth-order valence-corrected chi connectivity index (χ4v) is 3.75. The maximum absolute atomic E-state index is 12.9. The van der Waals surface area contributed by atoms with Crippen LogP contribution in [0.1, 0.15) is 28.1 Å². The molecule has 0 saturated carbocycles. The van der Waals surface area contributed by atoms with E-state index in [1.165, 1.54) is 0 Å². The predicted molar refractivity (Wildman–Crippen MR) is 103 cm³/mol. The number of benzene rings is 1. The number of nitrogens with one attached hydrogen (secondary N) is 1. The molecule has 1 fully saturated rings. The Morgan fingerprint density at radius 2 is 1.96 bits per heavy atom. The first-order valence-corrected chi connectivity index (χ1v) is 9.35. The van der Waals surface area contributed by atoms with Crippen molar-refractivity contribution in [1.29, 1.82) is 0 Å². The smallest absolute Gasteiger partial charge is 0.256 e. The molecule has 6 heteroatoms. The summed E-state index contributed by atoms with van der Waals surface area (Å²) in [6.07, 6.45) is 2.46. The Bertz CT molecular complexity index is 750. The maximum atomic E-state index is 12.9. The van der Waals surface area contributed by atoms with Crippen LogP contribution in [-0.4, -0.2) is 43.9 Å². The number of carbonyl (C=O) groups is 2. The lowest BCUT2D eigenvalue weighted by atomic mass is 10.1. The van der Waals surface area contributed by atoms with Crippen molar-refractivity contribution in [1.82, 2.24) is 4.90 Å². The summed E-state index contributed by atoms with van der Waals surface area (Å²) < 4.78 is 0. The molecule has 25 heavy (non-hydrogen) atoms. The number of amides is 2. The second kappa shape index (κ2) is 7.70. The molecule has 1 aromatic heterocycles. The van der Waals surface area contributed by atoms with Gasteiger partial charge in [0, 0.05) is 43.4 Å². The molecule has 2 aromatic rings. The first kappa shape index (κ1) is 17.5. The Hall–Kier alpha value is -2.34. The third kappa shape index (κ3) is 4.20. The zero-order valence-corrected chi connectivity index (χ0v) is 15.4. The van der Waals surface area contributed by atoms with Gasteiger partial charge in [0.2, 0.25) is 5.91 Å². The highest BCUT2D eigenvalue weighted by atomic mass is 32.1. The third-order valence-electron chi connectivity index (χ3n) is 4.30. The molecule has 0 bridgehead atoms. The average Bonchev–Trinajstić information content (AvgIpc) is 3.27. The molecule has 0 atom stereocenters. The van der Waals surface area contributed by atoms with E-state index in [1.54, 1.807) is 17.4 Å². The van der Waals surface area contributed by atoms with Gasteiger partial charge in [-0.1, -0.05) is 6.07 Å². The van der Waals surface area contributed by atoms with Gasteiger partial charge in [0.15, 0.2) is 0 Å². The quantitative estimate of drug-likeness (QED) is 0.894. The summed E-state index contributed by atoms with van der Waals surface area (Å²) >= 11 is 1.56. The number of hydrogen-bond acceptors (Lipinski definition) is 4. The van der Waals surface area contributed by atoms with Gasteiger partial charge in [0.25, 0.3) is 5.91 Å². The lowest BCUT2D eigenvalue weighted by molar-refractivity contribution is -0.115. The summed E-state index contributed by atoms with van der Waals surface area (Å²) in [5.74, 6) is -0.0322. The van der Waals surface area contributed by atoms with E-state index in [4.69, 9.17) is 0 Å². The Kier molecular flexibility index (Phi) is 5.38. The molecule has 0 aliphatic carbocycles. The minimum absolute atomic E-state index is 0.0376. The van der Waals surface area contributed by atoms with Gasteiger partial charge in [-0.05, 0) is 42.5 Å². The van der Waals surface area contributed by atoms with Crippen molar-refractivity contribution in [2.75, 3.05) is 37.4 Å². The summed E-state index contributed by atoms with van der Waals surface area (Å²) in [4.78, 5) is 29.9. The first-order valence-electron chi connectivity index (χ1n) is 8.47. The number of carbonyl (C=O) groups excluding carboxylic acids is 2. The fourth-order valence-electron chi connectivity index (χ4n) is 3.04. The van der Waals surface area contributed by atoms with Crippen molar-refractivity contribution in [3.8, 4) is 0 Å². The lowest BCUT2D eigenvalue weighted by Gasteiger charge is -2.22. The van der Waals surface area contributed by atoms with E-state index < -0.39 is 0 Å². The van der Waals surface area contributed by atoms with Crippen LogP contribution in [-0.2, 0) is 11.2 Å². The molecule has 1 aliphatic rings. The molecule has 1 aliphatic heterocycles. The summed E-state index contributed by atoms with van der Waals surface area (Å²) in [5, 5.41) is 4.87. The summed E-state index contributed by atoms with van der Waals surface area (Å²) in [6.45, 7) is 1.61. The van der Waals surface area contributed by atoms with E-state index >= 15 is 0 Å². The number of hydrogen-bond donors (Lipinski definition) is 1. The minimum atomic E-state index is -0.0698. The predicted octanol–water partition coefficient (Wildman–Crippen LogP) is 3.23. The monoisotopic (exact) mass is 357 g/mol. The van der Waals surface area contributed by atoms with Crippen LogP contribution in [0.5, 0.6) is 0 Å². The van der Waals surface area contributed by atoms with Gasteiger partial charge in [0.05, 0.1) is 12.0 Å². The lowest BCUT2D eigenvalue weighted by Crippen LogP contribution is -2.29. The van der Waals surface area contributed by atoms with Gasteiger partial charge in [-0.2, -0.15) is 0 Å². The fraction of sp³-hybridized carbons (Fsp3) is 0.368. The van der Waals surface area contributed by atoms with Crippen LogP contribution in [0.4, 0.5) is 11.4 Å². The molecule has 0 radical (unpaired) electrons. The van der Waals surface area contributed by atoms with Crippen LogP contribution in [0.2, 0.25) is 0 Å². The highest BCUT2D eigenvalue weighted by molar-refractivity contribution is 7.10. The summed E-state index contributed by atoms with van der Waals surface area (Å²) in [6, 6.07) is 9.42. The number of nitrogens with zero attached hydrogens (tertiary/aromatic N) is 2. The molecule has 0 spiro atoms. The second-order valence-corrected chi connectivity index (χ2v) is 7.46. The Labute approximate surface area is 152 Å². The molecule has 1 N–H and O–H groups in total. The van der Waals surface area contributed by atoms with E-state index in [2.05, 4.69) is 5.32 Å². The van der Waals surface area contributed by atoms with Crippen molar-refractivity contribution in [3.05, 3.63) is 46.2 Å². The van der Waals surface area contributed by atoms with E-state index in [-0.39, 0.29) is 11.8 Å². The molecular weight excluding hydrogens is 334 g/mol. The van der Waals surface area contributed by atoms with Crippen molar-refractivity contribution < 1.29 is 9.59 Å².